The minimum Gasteiger partial charge on any atom is -0.375 e. The van der Waals surface area contributed by atoms with Gasteiger partial charge in [0.25, 0.3) is 5.91 Å². The second-order valence-corrected chi connectivity index (χ2v) is 13.8. The van der Waals surface area contributed by atoms with Crippen molar-refractivity contribution < 1.29 is 19.1 Å². The number of aromatic amines is 1. The molecule has 2 aliphatic rings. The van der Waals surface area contributed by atoms with Gasteiger partial charge >= 0.3 is 0 Å². The predicted molar refractivity (Wildman–Crippen MR) is 186 cm³/mol. The molecule has 1 aromatic heterocycles. The number of Topliss-reactive ketones (excluding diaryl/α,β-unsaturated/α-hetero) is 1. The maximum Gasteiger partial charge on any atom is 0.268 e. The van der Waals surface area contributed by atoms with Gasteiger partial charge in [-0.1, -0.05) is 76.1 Å². The SMILES string of the molecule is CCCCC(NC(=O)c1[nH]c2c(c1C)C(=O)CC(C)(C)C2)C(=O)NCc1ccc(N2CCN(CCOCc3ccccc3)CC2)cc1. The fourth-order valence-electron chi connectivity index (χ4n) is 6.69. The number of piperazine rings is 1. The quantitative estimate of drug-likeness (QED) is 0.203. The zero-order chi connectivity index (χ0) is 33.4. The Labute approximate surface area is 279 Å². The van der Waals surface area contributed by atoms with Crippen molar-refractivity contribution in [3.05, 3.63) is 88.2 Å². The van der Waals surface area contributed by atoms with Gasteiger partial charge in [-0.3, -0.25) is 19.3 Å². The molecule has 2 amide bonds. The second-order valence-electron chi connectivity index (χ2n) is 13.8. The second kappa shape index (κ2) is 15.8. The normalized spacial score (nSPS) is 16.9. The number of ether oxygens (including phenoxy) is 1. The lowest BCUT2D eigenvalue weighted by Gasteiger charge is -2.36. The first-order valence-electron chi connectivity index (χ1n) is 17.1. The maximum absolute atomic E-state index is 13.4. The molecule has 2 heterocycles. The number of hydrogen-bond donors (Lipinski definition) is 3. The van der Waals surface area contributed by atoms with Crippen LogP contribution < -0.4 is 15.5 Å². The van der Waals surface area contributed by atoms with Gasteiger partial charge in [0.05, 0.1) is 13.2 Å². The standard InChI is InChI=1S/C38H51N5O4/c1-5-6-12-31(41-37(46)35-27(2)34-32(40-35)23-38(3,4)24-33(34)44)36(45)39-25-28-13-15-30(16-14-28)43-19-17-42(18-20-43)21-22-47-26-29-10-8-7-9-11-29/h7-11,13-16,31,40H,5-6,12,17-26H2,1-4H3,(H,39,45)(H,41,46). The highest BCUT2D eigenvalue weighted by molar-refractivity contribution is 6.05. The Morgan fingerprint density at radius 2 is 1.70 bits per heavy atom. The van der Waals surface area contributed by atoms with Crippen LogP contribution in [0.4, 0.5) is 5.69 Å². The van der Waals surface area contributed by atoms with Crippen LogP contribution in [-0.4, -0.2) is 72.9 Å². The molecule has 0 bridgehead atoms. The smallest absolute Gasteiger partial charge is 0.268 e. The molecule has 1 aliphatic carbocycles. The van der Waals surface area contributed by atoms with Crippen molar-refractivity contribution in [1.82, 2.24) is 20.5 Å². The number of nitrogens with one attached hydrogen (secondary N) is 3. The van der Waals surface area contributed by atoms with Gasteiger partial charge in [-0.2, -0.15) is 0 Å². The summed E-state index contributed by atoms with van der Waals surface area (Å²) in [6.07, 6.45) is 3.45. The summed E-state index contributed by atoms with van der Waals surface area (Å²) in [7, 11) is 0. The predicted octanol–water partition coefficient (Wildman–Crippen LogP) is 5.42. The largest absolute Gasteiger partial charge is 0.375 e. The number of carbonyl (C=O) groups excluding carboxylic acids is 3. The Morgan fingerprint density at radius 1 is 0.979 bits per heavy atom. The summed E-state index contributed by atoms with van der Waals surface area (Å²) in [6, 6.07) is 18.0. The monoisotopic (exact) mass is 641 g/mol. The van der Waals surface area contributed by atoms with E-state index in [0.717, 1.165) is 63.4 Å². The van der Waals surface area contributed by atoms with Gasteiger partial charge in [0.15, 0.2) is 5.78 Å². The molecule has 0 saturated carbocycles. The molecule has 9 nitrogen and oxygen atoms in total. The molecule has 9 heteroatoms. The van der Waals surface area contributed by atoms with Crippen LogP contribution in [0.3, 0.4) is 0 Å². The summed E-state index contributed by atoms with van der Waals surface area (Å²) in [5.41, 5.74) is 5.74. The van der Waals surface area contributed by atoms with E-state index in [1.807, 2.05) is 25.1 Å². The Kier molecular flexibility index (Phi) is 11.5. The first-order chi connectivity index (χ1) is 22.6. The van der Waals surface area contributed by atoms with Crippen molar-refractivity contribution in [1.29, 1.82) is 0 Å². The number of hydrogen-bond acceptors (Lipinski definition) is 6. The zero-order valence-corrected chi connectivity index (χ0v) is 28.5. The summed E-state index contributed by atoms with van der Waals surface area (Å²) >= 11 is 0. The van der Waals surface area contributed by atoms with Crippen LogP contribution in [0.5, 0.6) is 0 Å². The Balaban J connectivity index is 1.08. The van der Waals surface area contributed by atoms with Crippen LogP contribution in [-0.2, 0) is 29.1 Å². The fourth-order valence-corrected chi connectivity index (χ4v) is 6.69. The van der Waals surface area contributed by atoms with Crippen LogP contribution in [0.25, 0.3) is 0 Å². The summed E-state index contributed by atoms with van der Waals surface area (Å²) < 4.78 is 5.87. The highest BCUT2D eigenvalue weighted by Crippen LogP contribution is 2.36. The van der Waals surface area contributed by atoms with Gasteiger partial charge in [0.1, 0.15) is 11.7 Å². The number of carbonyl (C=O) groups is 3. The third-order valence-corrected chi connectivity index (χ3v) is 9.40. The molecule has 252 valence electrons. The summed E-state index contributed by atoms with van der Waals surface area (Å²) in [4.78, 5) is 47.6. The number of rotatable bonds is 14. The van der Waals surface area contributed by atoms with Crippen molar-refractivity contribution in [2.45, 2.75) is 79.0 Å². The average molecular weight is 642 g/mol. The Morgan fingerprint density at radius 3 is 2.40 bits per heavy atom. The van der Waals surface area contributed by atoms with E-state index in [9.17, 15) is 14.4 Å². The molecule has 3 N–H and O–H groups in total. The topological polar surface area (TPSA) is 107 Å². The van der Waals surface area contributed by atoms with Gasteiger partial charge < -0.3 is 25.3 Å². The molecule has 0 spiro atoms. The van der Waals surface area contributed by atoms with Gasteiger partial charge in [0, 0.05) is 62.6 Å². The third kappa shape index (κ3) is 9.11. The molecule has 3 aromatic rings. The number of fused-ring (bicyclic) bond motifs is 1. The number of unbranched alkanes of at least 4 members (excludes halogenated alkanes) is 1. The molecule has 1 atom stereocenters. The lowest BCUT2D eigenvalue weighted by Crippen LogP contribution is -2.47. The van der Waals surface area contributed by atoms with Gasteiger partial charge in [-0.15, -0.1) is 0 Å². The van der Waals surface area contributed by atoms with Crippen LogP contribution in [0.15, 0.2) is 54.6 Å². The molecule has 1 aliphatic heterocycles. The van der Waals surface area contributed by atoms with E-state index < -0.39 is 6.04 Å². The van der Waals surface area contributed by atoms with Crippen molar-refractivity contribution in [3.63, 3.8) is 0 Å². The number of aromatic nitrogens is 1. The molecule has 1 saturated heterocycles. The molecule has 5 rings (SSSR count). The third-order valence-electron chi connectivity index (χ3n) is 9.40. The Bertz CT molecular complexity index is 1510. The van der Waals surface area contributed by atoms with Crippen molar-refractivity contribution in [2.24, 2.45) is 5.41 Å². The van der Waals surface area contributed by atoms with Crippen molar-refractivity contribution >= 4 is 23.3 Å². The number of H-pyrrole nitrogens is 1. The Hall–Kier alpha value is -3.95. The summed E-state index contributed by atoms with van der Waals surface area (Å²) in [5.74, 6) is -0.480. The van der Waals surface area contributed by atoms with E-state index in [4.69, 9.17) is 4.74 Å². The number of anilines is 1. The number of benzene rings is 2. The molecule has 0 radical (unpaired) electrons. The van der Waals surface area contributed by atoms with Gasteiger partial charge in [0.2, 0.25) is 5.91 Å². The van der Waals surface area contributed by atoms with E-state index in [2.05, 4.69) is 82.6 Å². The zero-order valence-electron chi connectivity index (χ0n) is 28.5. The van der Waals surface area contributed by atoms with E-state index >= 15 is 0 Å². The van der Waals surface area contributed by atoms with E-state index in [0.29, 0.717) is 49.2 Å². The average Bonchev–Trinajstić information content (AvgIpc) is 3.40. The first-order valence-corrected chi connectivity index (χ1v) is 17.1. The first kappa shape index (κ1) is 34.4. The maximum atomic E-state index is 13.4. The van der Waals surface area contributed by atoms with Crippen LogP contribution in [0.1, 0.15) is 89.7 Å². The lowest BCUT2D eigenvalue weighted by molar-refractivity contribution is -0.123. The van der Waals surface area contributed by atoms with Gasteiger partial charge in [-0.05, 0) is 54.0 Å². The highest BCUT2D eigenvalue weighted by Gasteiger charge is 2.35. The fraction of sp³-hybridized carbons (Fsp3) is 0.500. The van der Waals surface area contributed by atoms with E-state index in [1.54, 1.807) is 0 Å². The molecule has 47 heavy (non-hydrogen) atoms. The molecule has 1 unspecified atom stereocenters. The van der Waals surface area contributed by atoms with E-state index in [1.165, 1.54) is 11.3 Å². The van der Waals surface area contributed by atoms with Crippen LogP contribution in [0.2, 0.25) is 0 Å². The molecule has 2 aromatic carbocycles. The molecular formula is C38H51N5O4. The minimum atomic E-state index is -0.659. The summed E-state index contributed by atoms with van der Waals surface area (Å²) in [5, 5.41) is 5.99. The molecular weight excluding hydrogens is 590 g/mol. The van der Waals surface area contributed by atoms with Crippen molar-refractivity contribution in [2.75, 3.05) is 44.2 Å². The highest BCUT2D eigenvalue weighted by atomic mass is 16.5. The van der Waals surface area contributed by atoms with Gasteiger partial charge in [-0.25, -0.2) is 0 Å². The molecule has 1 fully saturated rings. The summed E-state index contributed by atoms with van der Waals surface area (Å²) in [6.45, 7) is 14.6. The number of ketones is 1. The van der Waals surface area contributed by atoms with Crippen molar-refractivity contribution in [3.8, 4) is 0 Å². The number of amides is 2. The van der Waals surface area contributed by atoms with Crippen LogP contribution in [0, 0.1) is 12.3 Å². The van der Waals surface area contributed by atoms with E-state index in [-0.39, 0.29) is 23.0 Å². The minimum absolute atomic E-state index is 0.0675. The lowest BCUT2D eigenvalue weighted by atomic mass is 9.75. The number of nitrogens with zero attached hydrogens (tertiary/aromatic N) is 2. The van der Waals surface area contributed by atoms with Crippen LogP contribution >= 0.6 is 0 Å².